The van der Waals surface area contributed by atoms with Gasteiger partial charge in [0, 0.05) is 16.4 Å². The van der Waals surface area contributed by atoms with Gasteiger partial charge in [0.25, 0.3) is 0 Å². The van der Waals surface area contributed by atoms with Crippen molar-refractivity contribution in [1.82, 2.24) is 0 Å². The second kappa shape index (κ2) is 6.55. The van der Waals surface area contributed by atoms with Crippen LogP contribution in [0.3, 0.4) is 0 Å². The number of nitrogens with two attached hydrogens (primary N) is 1. The fourth-order valence-corrected chi connectivity index (χ4v) is 2.93. The molecule has 18 heavy (non-hydrogen) atoms. The third-order valence-corrected chi connectivity index (χ3v) is 4.02. The van der Waals surface area contributed by atoms with Gasteiger partial charge < -0.3 is 10.5 Å². The Kier molecular flexibility index (Phi) is 5.03. The van der Waals surface area contributed by atoms with Crippen LogP contribution in [0.25, 0.3) is 0 Å². The van der Waals surface area contributed by atoms with Crippen LogP contribution in [0.1, 0.15) is 16.5 Å². The summed E-state index contributed by atoms with van der Waals surface area (Å²) >= 11 is 13.3. The third-order valence-electron chi connectivity index (χ3n) is 2.47. The van der Waals surface area contributed by atoms with Gasteiger partial charge in [-0.15, -0.1) is 11.3 Å². The first kappa shape index (κ1) is 13.8. The SMILES string of the molecule is NCC(OCc1cccc(Cl)c1)c1ccc(Cl)s1. The molecule has 2 aromatic rings. The van der Waals surface area contributed by atoms with Crippen molar-refractivity contribution in [2.75, 3.05) is 6.54 Å². The monoisotopic (exact) mass is 301 g/mol. The van der Waals surface area contributed by atoms with Gasteiger partial charge in [-0.3, -0.25) is 0 Å². The standard InChI is InChI=1S/C13H13Cl2NOS/c14-10-3-1-2-9(6-10)8-17-11(7-16)12-4-5-13(15)18-12/h1-6,11H,7-8,16H2. The second-order valence-corrected chi connectivity index (χ2v) is 5.99. The summed E-state index contributed by atoms with van der Waals surface area (Å²) < 4.78 is 6.55. The highest BCUT2D eigenvalue weighted by atomic mass is 35.5. The lowest BCUT2D eigenvalue weighted by Crippen LogP contribution is -2.14. The summed E-state index contributed by atoms with van der Waals surface area (Å²) in [6, 6.07) is 11.4. The topological polar surface area (TPSA) is 35.2 Å². The van der Waals surface area contributed by atoms with Gasteiger partial charge in [0.2, 0.25) is 0 Å². The predicted octanol–water partition coefficient (Wildman–Crippen LogP) is 4.27. The smallest absolute Gasteiger partial charge is 0.104 e. The summed E-state index contributed by atoms with van der Waals surface area (Å²) in [4.78, 5) is 1.05. The zero-order valence-corrected chi connectivity index (χ0v) is 11.9. The number of benzene rings is 1. The molecule has 1 aromatic heterocycles. The highest BCUT2D eigenvalue weighted by molar-refractivity contribution is 7.16. The van der Waals surface area contributed by atoms with E-state index in [1.807, 2.05) is 36.4 Å². The van der Waals surface area contributed by atoms with Crippen LogP contribution in [0.4, 0.5) is 0 Å². The molecular weight excluding hydrogens is 289 g/mol. The lowest BCUT2D eigenvalue weighted by molar-refractivity contribution is 0.0480. The van der Waals surface area contributed by atoms with Gasteiger partial charge in [-0.1, -0.05) is 35.3 Å². The Morgan fingerprint density at radius 1 is 1.22 bits per heavy atom. The van der Waals surface area contributed by atoms with Crippen LogP contribution in [-0.4, -0.2) is 6.54 Å². The lowest BCUT2D eigenvalue weighted by Gasteiger charge is -2.14. The number of thiophene rings is 1. The van der Waals surface area contributed by atoms with Crippen molar-refractivity contribution in [3.63, 3.8) is 0 Å². The van der Waals surface area contributed by atoms with Crippen LogP contribution in [-0.2, 0) is 11.3 Å². The van der Waals surface area contributed by atoms with Gasteiger partial charge in [-0.25, -0.2) is 0 Å². The van der Waals surface area contributed by atoms with Gasteiger partial charge >= 0.3 is 0 Å². The Labute approximate surface area is 120 Å². The van der Waals surface area contributed by atoms with E-state index < -0.39 is 0 Å². The molecule has 0 aliphatic heterocycles. The average molecular weight is 302 g/mol. The Balaban J connectivity index is 1.99. The van der Waals surface area contributed by atoms with Gasteiger partial charge in [-0.2, -0.15) is 0 Å². The first-order valence-corrected chi connectivity index (χ1v) is 7.07. The number of hydrogen-bond donors (Lipinski definition) is 1. The molecule has 0 aliphatic rings. The molecule has 2 rings (SSSR count). The van der Waals surface area contributed by atoms with Crippen LogP contribution < -0.4 is 5.73 Å². The predicted molar refractivity (Wildman–Crippen MR) is 77.4 cm³/mol. The molecule has 0 aliphatic carbocycles. The maximum Gasteiger partial charge on any atom is 0.104 e. The van der Waals surface area contributed by atoms with Crippen molar-refractivity contribution >= 4 is 34.5 Å². The Hall–Kier alpha value is -0.580. The van der Waals surface area contributed by atoms with Crippen molar-refractivity contribution in [2.45, 2.75) is 12.7 Å². The lowest BCUT2D eigenvalue weighted by atomic mass is 10.2. The Morgan fingerprint density at radius 2 is 2.06 bits per heavy atom. The minimum absolute atomic E-state index is 0.124. The molecule has 1 heterocycles. The average Bonchev–Trinajstić information content (AvgIpc) is 2.77. The summed E-state index contributed by atoms with van der Waals surface area (Å²) in [7, 11) is 0. The fraction of sp³-hybridized carbons (Fsp3) is 0.231. The second-order valence-electron chi connectivity index (χ2n) is 3.81. The number of hydrogen-bond acceptors (Lipinski definition) is 3. The van der Waals surface area contributed by atoms with E-state index in [0.29, 0.717) is 18.2 Å². The van der Waals surface area contributed by atoms with Crippen molar-refractivity contribution < 1.29 is 4.74 Å². The number of ether oxygens (including phenoxy) is 1. The van der Waals surface area contributed by atoms with Crippen molar-refractivity contribution in [3.8, 4) is 0 Å². The van der Waals surface area contributed by atoms with Crippen LogP contribution >= 0.6 is 34.5 Å². The molecule has 0 fully saturated rings. The molecule has 5 heteroatoms. The fourth-order valence-electron chi connectivity index (χ4n) is 1.59. The Bertz CT molecular complexity index is 515. The van der Waals surface area contributed by atoms with E-state index in [4.69, 9.17) is 33.7 Å². The van der Waals surface area contributed by atoms with E-state index in [1.54, 1.807) is 0 Å². The molecule has 0 bridgehead atoms. The number of halogens is 2. The molecule has 2 nitrogen and oxygen atoms in total. The quantitative estimate of drug-likeness (QED) is 0.895. The van der Waals surface area contributed by atoms with Crippen LogP contribution in [0.15, 0.2) is 36.4 Å². The van der Waals surface area contributed by atoms with E-state index in [9.17, 15) is 0 Å². The molecule has 96 valence electrons. The molecule has 1 unspecified atom stereocenters. The summed E-state index contributed by atoms with van der Waals surface area (Å²) in [6.07, 6.45) is -0.124. The van der Waals surface area contributed by atoms with Gasteiger partial charge in [0.05, 0.1) is 10.9 Å². The third kappa shape index (κ3) is 3.70. The molecule has 0 saturated carbocycles. The van der Waals surface area contributed by atoms with E-state index >= 15 is 0 Å². The zero-order valence-electron chi connectivity index (χ0n) is 9.61. The van der Waals surface area contributed by atoms with Crippen molar-refractivity contribution in [2.24, 2.45) is 5.73 Å². The summed E-state index contributed by atoms with van der Waals surface area (Å²) in [5.41, 5.74) is 6.75. The molecule has 2 N–H and O–H groups in total. The normalized spacial score (nSPS) is 12.6. The van der Waals surface area contributed by atoms with Crippen LogP contribution in [0, 0.1) is 0 Å². The molecule has 1 aromatic carbocycles. The first-order valence-electron chi connectivity index (χ1n) is 5.50. The largest absolute Gasteiger partial charge is 0.367 e. The maximum absolute atomic E-state index is 5.92. The summed E-state index contributed by atoms with van der Waals surface area (Å²) in [6.45, 7) is 0.912. The molecule has 0 radical (unpaired) electrons. The minimum atomic E-state index is -0.124. The number of rotatable bonds is 5. The zero-order chi connectivity index (χ0) is 13.0. The van der Waals surface area contributed by atoms with E-state index in [0.717, 1.165) is 14.8 Å². The van der Waals surface area contributed by atoms with Crippen molar-refractivity contribution in [3.05, 3.63) is 56.2 Å². The van der Waals surface area contributed by atoms with Gasteiger partial charge in [0.15, 0.2) is 0 Å². The minimum Gasteiger partial charge on any atom is -0.367 e. The molecule has 0 spiro atoms. The summed E-state index contributed by atoms with van der Waals surface area (Å²) in [5, 5.41) is 0.708. The Morgan fingerprint density at radius 3 is 2.67 bits per heavy atom. The first-order chi connectivity index (χ1) is 8.69. The highest BCUT2D eigenvalue weighted by Gasteiger charge is 2.12. The van der Waals surface area contributed by atoms with Crippen LogP contribution in [0.5, 0.6) is 0 Å². The van der Waals surface area contributed by atoms with E-state index in [1.165, 1.54) is 11.3 Å². The maximum atomic E-state index is 5.92. The summed E-state index contributed by atoms with van der Waals surface area (Å²) in [5.74, 6) is 0. The van der Waals surface area contributed by atoms with Crippen molar-refractivity contribution in [1.29, 1.82) is 0 Å². The molecule has 1 atom stereocenters. The highest BCUT2D eigenvalue weighted by Crippen LogP contribution is 2.29. The van der Waals surface area contributed by atoms with E-state index in [-0.39, 0.29) is 6.10 Å². The molecule has 0 amide bonds. The van der Waals surface area contributed by atoms with Crippen LogP contribution in [0.2, 0.25) is 9.36 Å². The van der Waals surface area contributed by atoms with Gasteiger partial charge in [-0.05, 0) is 29.8 Å². The van der Waals surface area contributed by atoms with Gasteiger partial charge in [0.1, 0.15) is 6.10 Å². The molecular formula is C13H13Cl2NOS. The molecule has 0 saturated heterocycles. The van der Waals surface area contributed by atoms with E-state index in [2.05, 4.69) is 0 Å².